The quantitative estimate of drug-likeness (QED) is 0.795. The number of carbonyl (C=O) groups excluding carboxylic acids is 1. The van der Waals surface area contributed by atoms with E-state index >= 15 is 0 Å². The molecular weight excluding hydrogens is 204 g/mol. The van der Waals surface area contributed by atoms with Gasteiger partial charge >= 0.3 is 0 Å². The maximum absolute atomic E-state index is 11.6. The molecule has 1 fully saturated rings. The molecule has 1 heterocycles. The summed E-state index contributed by atoms with van der Waals surface area (Å²) in [6.07, 6.45) is 6.61. The summed E-state index contributed by atoms with van der Waals surface area (Å²) in [5, 5.41) is 10.1. The second kappa shape index (κ2) is 5.12. The van der Waals surface area contributed by atoms with Crippen LogP contribution in [0.25, 0.3) is 0 Å². The number of carbonyl (C=O) groups is 1. The van der Waals surface area contributed by atoms with Crippen LogP contribution in [0.2, 0.25) is 0 Å². The van der Waals surface area contributed by atoms with E-state index in [9.17, 15) is 4.79 Å². The number of hydrogen-bond donors (Lipinski definition) is 2. The molecule has 16 heavy (non-hydrogen) atoms. The van der Waals surface area contributed by atoms with Crippen LogP contribution in [0.15, 0.2) is 12.3 Å². The lowest BCUT2D eigenvalue weighted by atomic mass is 10.2. The van der Waals surface area contributed by atoms with E-state index in [0.717, 1.165) is 5.82 Å². The van der Waals surface area contributed by atoms with Crippen molar-refractivity contribution in [2.75, 3.05) is 11.9 Å². The fourth-order valence-electron chi connectivity index (χ4n) is 2.05. The minimum Gasteiger partial charge on any atom is -0.310 e. The summed E-state index contributed by atoms with van der Waals surface area (Å²) in [6, 6.07) is 2.31. The molecule has 0 bridgehead atoms. The van der Waals surface area contributed by atoms with Gasteiger partial charge in [0, 0.05) is 19.2 Å². The second-order valence-corrected chi connectivity index (χ2v) is 4.25. The van der Waals surface area contributed by atoms with Crippen molar-refractivity contribution in [2.45, 2.75) is 31.7 Å². The maximum Gasteiger partial charge on any atom is 0.239 e. The van der Waals surface area contributed by atoms with Gasteiger partial charge in [0.2, 0.25) is 5.91 Å². The van der Waals surface area contributed by atoms with Crippen molar-refractivity contribution in [3.8, 4) is 0 Å². The Balaban J connectivity index is 1.74. The Kier molecular flexibility index (Phi) is 3.56. The van der Waals surface area contributed by atoms with Gasteiger partial charge in [0.15, 0.2) is 0 Å². The molecule has 0 aliphatic heterocycles. The van der Waals surface area contributed by atoms with Crippen molar-refractivity contribution in [3.63, 3.8) is 0 Å². The third kappa shape index (κ3) is 2.82. The Labute approximate surface area is 95.2 Å². The highest BCUT2D eigenvalue weighted by Crippen LogP contribution is 2.17. The van der Waals surface area contributed by atoms with Gasteiger partial charge < -0.3 is 10.6 Å². The van der Waals surface area contributed by atoms with Crippen molar-refractivity contribution in [1.29, 1.82) is 0 Å². The molecule has 1 amide bonds. The van der Waals surface area contributed by atoms with Crippen molar-refractivity contribution in [3.05, 3.63) is 12.3 Å². The van der Waals surface area contributed by atoms with Crippen LogP contribution in [-0.4, -0.2) is 28.3 Å². The number of amides is 1. The summed E-state index contributed by atoms with van der Waals surface area (Å²) < 4.78 is 1.65. The van der Waals surface area contributed by atoms with E-state index in [2.05, 4.69) is 15.7 Å². The monoisotopic (exact) mass is 222 g/mol. The van der Waals surface area contributed by atoms with Gasteiger partial charge in [-0.1, -0.05) is 12.8 Å². The van der Waals surface area contributed by atoms with E-state index in [1.54, 1.807) is 24.0 Å². The molecule has 0 saturated heterocycles. The number of anilines is 1. The van der Waals surface area contributed by atoms with Gasteiger partial charge in [0.05, 0.1) is 12.7 Å². The molecule has 1 aliphatic carbocycles. The topological polar surface area (TPSA) is 59.0 Å². The lowest BCUT2D eigenvalue weighted by molar-refractivity contribution is -0.115. The summed E-state index contributed by atoms with van der Waals surface area (Å²) in [7, 11) is 1.81. The van der Waals surface area contributed by atoms with Crippen molar-refractivity contribution < 1.29 is 4.79 Å². The SMILES string of the molecule is Cn1nccc1NC(=O)CNC1CCCC1. The highest BCUT2D eigenvalue weighted by molar-refractivity contribution is 5.91. The Hall–Kier alpha value is -1.36. The van der Waals surface area contributed by atoms with Crippen LogP contribution in [0, 0.1) is 0 Å². The summed E-state index contributed by atoms with van der Waals surface area (Å²) in [6.45, 7) is 0.385. The number of hydrogen-bond acceptors (Lipinski definition) is 3. The predicted octanol–water partition coefficient (Wildman–Crippen LogP) is 0.891. The van der Waals surface area contributed by atoms with Crippen LogP contribution in [0.3, 0.4) is 0 Å². The van der Waals surface area contributed by atoms with Gasteiger partial charge in [-0.2, -0.15) is 5.10 Å². The summed E-state index contributed by atoms with van der Waals surface area (Å²) in [5.74, 6) is 0.730. The van der Waals surface area contributed by atoms with E-state index in [1.165, 1.54) is 25.7 Å². The molecule has 0 radical (unpaired) electrons. The first-order valence-electron chi connectivity index (χ1n) is 5.77. The summed E-state index contributed by atoms with van der Waals surface area (Å²) in [4.78, 5) is 11.6. The Bertz CT molecular complexity index is 355. The van der Waals surface area contributed by atoms with Crippen LogP contribution >= 0.6 is 0 Å². The standard InChI is InChI=1S/C11H18N4O/c1-15-10(6-7-13-15)14-11(16)8-12-9-4-2-3-5-9/h6-7,9,12H,2-5,8H2,1H3,(H,14,16). The minimum atomic E-state index is -0.00417. The lowest BCUT2D eigenvalue weighted by Gasteiger charge is -2.11. The third-order valence-corrected chi connectivity index (χ3v) is 2.99. The van der Waals surface area contributed by atoms with Gasteiger partial charge in [-0.25, -0.2) is 0 Å². The molecular formula is C11H18N4O. The lowest BCUT2D eigenvalue weighted by Crippen LogP contribution is -2.34. The normalized spacial score (nSPS) is 16.6. The number of nitrogens with zero attached hydrogens (tertiary/aromatic N) is 2. The summed E-state index contributed by atoms with van der Waals surface area (Å²) >= 11 is 0. The predicted molar refractivity (Wildman–Crippen MR) is 62.1 cm³/mol. The number of aryl methyl sites for hydroxylation is 1. The zero-order valence-corrected chi connectivity index (χ0v) is 9.57. The Morgan fingerprint density at radius 3 is 2.94 bits per heavy atom. The highest BCUT2D eigenvalue weighted by atomic mass is 16.2. The molecule has 1 aromatic rings. The van der Waals surface area contributed by atoms with E-state index in [0.29, 0.717) is 12.6 Å². The third-order valence-electron chi connectivity index (χ3n) is 2.99. The van der Waals surface area contributed by atoms with E-state index in [4.69, 9.17) is 0 Å². The van der Waals surface area contributed by atoms with Crippen LogP contribution in [-0.2, 0) is 11.8 Å². The summed E-state index contributed by atoms with van der Waals surface area (Å²) in [5.41, 5.74) is 0. The average molecular weight is 222 g/mol. The molecule has 0 spiro atoms. The minimum absolute atomic E-state index is 0.00417. The fourth-order valence-corrected chi connectivity index (χ4v) is 2.05. The number of aromatic nitrogens is 2. The zero-order valence-electron chi connectivity index (χ0n) is 9.57. The van der Waals surface area contributed by atoms with Gasteiger partial charge in [-0.15, -0.1) is 0 Å². The van der Waals surface area contributed by atoms with Crippen molar-refractivity contribution in [1.82, 2.24) is 15.1 Å². The molecule has 1 aromatic heterocycles. The van der Waals surface area contributed by atoms with Gasteiger partial charge in [0.1, 0.15) is 5.82 Å². The second-order valence-electron chi connectivity index (χ2n) is 4.25. The Morgan fingerprint density at radius 1 is 1.56 bits per heavy atom. The first-order chi connectivity index (χ1) is 7.75. The van der Waals surface area contributed by atoms with Crippen LogP contribution in [0.4, 0.5) is 5.82 Å². The molecule has 2 N–H and O–H groups in total. The number of nitrogens with one attached hydrogen (secondary N) is 2. The van der Waals surface area contributed by atoms with Gasteiger partial charge in [0.25, 0.3) is 0 Å². The molecule has 1 saturated carbocycles. The zero-order chi connectivity index (χ0) is 11.4. The molecule has 5 nitrogen and oxygen atoms in total. The van der Waals surface area contributed by atoms with E-state index in [-0.39, 0.29) is 5.91 Å². The smallest absolute Gasteiger partial charge is 0.239 e. The molecule has 2 rings (SSSR count). The van der Waals surface area contributed by atoms with Gasteiger partial charge in [-0.3, -0.25) is 9.48 Å². The molecule has 88 valence electrons. The molecule has 5 heteroatoms. The van der Waals surface area contributed by atoms with Crippen LogP contribution in [0.1, 0.15) is 25.7 Å². The van der Waals surface area contributed by atoms with Gasteiger partial charge in [-0.05, 0) is 12.8 Å². The first-order valence-corrected chi connectivity index (χ1v) is 5.77. The number of rotatable bonds is 4. The van der Waals surface area contributed by atoms with Crippen molar-refractivity contribution in [2.24, 2.45) is 7.05 Å². The largest absolute Gasteiger partial charge is 0.310 e. The Morgan fingerprint density at radius 2 is 2.31 bits per heavy atom. The van der Waals surface area contributed by atoms with Crippen LogP contribution < -0.4 is 10.6 Å². The molecule has 0 atom stereocenters. The molecule has 1 aliphatic rings. The average Bonchev–Trinajstić information content (AvgIpc) is 2.88. The van der Waals surface area contributed by atoms with Crippen LogP contribution in [0.5, 0.6) is 0 Å². The molecule has 0 unspecified atom stereocenters. The highest BCUT2D eigenvalue weighted by Gasteiger charge is 2.15. The van der Waals surface area contributed by atoms with Crippen molar-refractivity contribution >= 4 is 11.7 Å². The first kappa shape index (κ1) is 11.1. The van der Waals surface area contributed by atoms with E-state index in [1.807, 2.05) is 0 Å². The molecule has 0 aromatic carbocycles. The fraction of sp³-hybridized carbons (Fsp3) is 0.636. The maximum atomic E-state index is 11.6. The van der Waals surface area contributed by atoms with E-state index < -0.39 is 0 Å².